The summed E-state index contributed by atoms with van der Waals surface area (Å²) in [4.78, 5) is 24.2. The number of rotatable bonds is 6. The molecular weight excluding hydrogens is 475 g/mol. The van der Waals surface area contributed by atoms with Gasteiger partial charge in [-0.3, -0.25) is 9.89 Å². The minimum Gasteiger partial charge on any atom is -0.466 e. The number of nitrogens with one attached hydrogen (secondary N) is 1. The van der Waals surface area contributed by atoms with E-state index in [0.29, 0.717) is 64.0 Å². The SMILES string of the molecule is COC(=O)C1=C(CN2CCOC[C@@H]2CO)NC(c2nccs2)=NC1c1ccc(Cl)cc1Cl. The summed E-state index contributed by atoms with van der Waals surface area (Å²) in [5, 5.41) is 16.5. The van der Waals surface area contributed by atoms with E-state index in [4.69, 9.17) is 37.7 Å². The second-order valence-corrected chi connectivity index (χ2v) is 9.01. The smallest absolute Gasteiger partial charge is 0.338 e. The van der Waals surface area contributed by atoms with E-state index in [-0.39, 0.29) is 12.6 Å². The molecular formula is C21H22Cl2N4O4S. The lowest BCUT2D eigenvalue weighted by Crippen LogP contribution is -2.50. The van der Waals surface area contributed by atoms with Gasteiger partial charge < -0.3 is 19.9 Å². The molecule has 11 heteroatoms. The first-order chi connectivity index (χ1) is 15.5. The fraction of sp³-hybridized carbons (Fsp3) is 0.381. The number of ether oxygens (including phenoxy) is 2. The zero-order chi connectivity index (χ0) is 22.7. The van der Waals surface area contributed by atoms with Gasteiger partial charge in [0.25, 0.3) is 0 Å². The molecule has 1 aromatic heterocycles. The number of nitrogens with zero attached hydrogens (tertiary/aromatic N) is 3. The number of carbonyl (C=O) groups excluding carboxylic acids is 1. The van der Waals surface area contributed by atoms with Gasteiger partial charge in [-0.1, -0.05) is 29.3 Å². The number of aliphatic hydroxyl groups is 1. The van der Waals surface area contributed by atoms with Gasteiger partial charge in [-0.2, -0.15) is 0 Å². The molecule has 2 aromatic rings. The Morgan fingerprint density at radius 3 is 2.97 bits per heavy atom. The average molecular weight is 497 g/mol. The second kappa shape index (κ2) is 10.3. The molecule has 1 aromatic carbocycles. The molecule has 32 heavy (non-hydrogen) atoms. The zero-order valence-corrected chi connectivity index (χ0v) is 19.6. The third-order valence-electron chi connectivity index (χ3n) is 5.34. The van der Waals surface area contributed by atoms with Crippen molar-refractivity contribution in [2.45, 2.75) is 12.1 Å². The highest BCUT2D eigenvalue weighted by Gasteiger charge is 2.35. The summed E-state index contributed by atoms with van der Waals surface area (Å²) < 4.78 is 10.6. The lowest BCUT2D eigenvalue weighted by atomic mass is 9.95. The molecule has 1 fully saturated rings. The molecule has 2 aliphatic heterocycles. The number of thiazole rings is 1. The maximum atomic E-state index is 13.0. The lowest BCUT2D eigenvalue weighted by molar-refractivity contribution is -0.136. The average Bonchev–Trinajstić information content (AvgIpc) is 3.33. The van der Waals surface area contributed by atoms with Crippen LogP contribution in [0.5, 0.6) is 0 Å². The Balaban J connectivity index is 1.82. The first-order valence-electron chi connectivity index (χ1n) is 9.95. The van der Waals surface area contributed by atoms with Crippen LogP contribution in [0.15, 0.2) is 46.0 Å². The maximum absolute atomic E-state index is 13.0. The third kappa shape index (κ3) is 4.83. The van der Waals surface area contributed by atoms with E-state index in [1.807, 2.05) is 5.38 Å². The van der Waals surface area contributed by atoms with Gasteiger partial charge in [-0.15, -0.1) is 11.3 Å². The van der Waals surface area contributed by atoms with E-state index in [1.165, 1.54) is 18.4 Å². The minimum atomic E-state index is -0.712. The van der Waals surface area contributed by atoms with E-state index in [1.54, 1.807) is 24.4 Å². The largest absolute Gasteiger partial charge is 0.466 e. The predicted molar refractivity (Wildman–Crippen MR) is 123 cm³/mol. The second-order valence-electron chi connectivity index (χ2n) is 7.27. The summed E-state index contributed by atoms with van der Waals surface area (Å²) in [6.45, 7) is 1.88. The van der Waals surface area contributed by atoms with Gasteiger partial charge in [0.05, 0.1) is 38.5 Å². The molecule has 0 aliphatic carbocycles. The number of amidine groups is 1. The number of benzene rings is 1. The summed E-state index contributed by atoms with van der Waals surface area (Å²) in [6, 6.07) is 4.20. The minimum absolute atomic E-state index is 0.0549. The van der Waals surface area contributed by atoms with Gasteiger partial charge in [0.1, 0.15) is 6.04 Å². The van der Waals surface area contributed by atoms with Gasteiger partial charge in [-0.05, 0) is 12.1 Å². The molecule has 2 aliphatic rings. The van der Waals surface area contributed by atoms with Gasteiger partial charge in [-0.25, -0.2) is 9.78 Å². The Labute approximate surface area is 199 Å². The van der Waals surface area contributed by atoms with Gasteiger partial charge in [0.2, 0.25) is 0 Å². The third-order valence-corrected chi connectivity index (χ3v) is 6.69. The van der Waals surface area contributed by atoms with Crippen molar-refractivity contribution in [2.24, 2.45) is 4.99 Å². The van der Waals surface area contributed by atoms with Gasteiger partial charge in [0.15, 0.2) is 10.8 Å². The molecule has 4 rings (SSSR count). The molecule has 1 saturated heterocycles. The number of hydrogen-bond acceptors (Lipinski definition) is 9. The molecule has 3 heterocycles. The van der Waals surface area contributed by atoms with Crippen LogP contribution in [0.1, 0.15) is 16.6 Å². The van der Waals surface area contributed by atoms with Crippen molar-refractivity contribution in [3.63, 3.8) is 0 Å². The van der Waals surface area contributed by atoms with E-state index in [9.17, 15) is 9.90 Å². The normalized spacial score (nSPS) is 21.8. The van der Waals surface area contributed by atoms with Crippen molar-refractivity contribution in [2.75, 3.05) is 40.0 Å². The van der Waals surface area contributed by atoms with Crippen molar-refractivity contribution in [1.82, 2.24) is 15.2 Å². The molecule has 8 nitrogen and oxygen atoms in total. The topological polar surface area (TPSA) is 96.3 Å². The van der Waals surface area contributed by atoms with Crippen molar-refractivity contribution >= 4 is 46.3 Å². The Kier molecular flexibility index (Phi) is 7.44. The van der Waals surface area contributed by atoms with E-state index in [2.05, 4.69) is 15.2 Å². The highest BCUT2D eigenvalue weighted by molar-refractivity contribution is 7.11. The molecule has 2 atom stereocenters. The molecule has 0 radical (unpaired) electrons. The number of hydrogen-bond donors (Lipinski definition) is 2. The summed E-state index contributed by atoms with van der Waals surface area (Å²) in [5.74, 6) is 0.0201. The Hall–Kier alpha value is -2.01. The number of aliphatic hydroxyl groups excluding tert-OH is 1. The predicted octanol–water partition coefficient (Wildman–Crippen LogP) is 2.66. The van der Waals surface area contributed by atoms with Crippen LogP contribution in [0.2, 0.25) is 10.0 Å². The Morgan fingerprint density at radius 2 is 2.28 bits per heavy atom. The molecule has 0 amide bonds. The van der Waals surface area contributed by atoms with Crippen LogP contribution in [0, 0.1) is 0 Å². The zero-order valence-electron chi connectivity index (χ0n) is 17.3. The maximum Gasteiger partial charge on any atom is 0.338 e. The van der Waals surface area contributed by atoms with Crippen LogP contribution in [0.25, 0.3) is 0 Å². The number of esters is 1. The molecule has 170 valence electrons. The number of methoxy groups -OCH3 is 1. The van der Waals surface area contributed by atoms with Crippen molar-refractivity contribution in [3.8, 4) is 0 Å². The molecule has 0 spiro atoms. The molecule has 0 bridgehead atoms. The highest BCUT2D eigenvalue weighted by Crippen LogP contribution is 2.37. The Bertz CT molecular complexity index is 1040. The van der Waals surface area contributed by atoms with Gasteiger partial charge >= 0.3 is 5.97 Å². The monoisotopic (exact) mass is 496 g/mol. The number of aliphatic imine (C=N–C) groups is 1. The summed E-state index contributed by atoms with van der Waals surface area (Å²) >= 11 is 14.0. The summed E-state index contributed by atoms with van der Waals surface area (Å²) in [6.07, 6.45) is 1.69. The fourth-order valence-corrected chi connectivity index (χ4v) is 4.84. The quantitative estimate of drug-likeness (QED) is 0.593. The standard InChI is InChI=1S/C21H22Cl2N4O4S/c1-30-21(29)17-16(9-27-5-6-31-11-13(27)10-28)25-19(20-24-4-7-32-20)26-18(17)14-3-2-12(22)8-15(14)23/h2-4,7-8,13,18,28H,5-6,9-11H2,1H3,(H,25,26)/t13-,18?/m0/s1. The number of halogens is 2. The Morgan fingerprint density at radius 1 is 1.44 bits per heavy atom. The van der Waals surface area contributed by atoms with Crippen molar-refractivity contribution in [3.05, 3.63) is 61.7 Å². The van der Waals surface area contributed by atoms with Crippen LogP contribution < -0.4 is 5.32 Å². The van der Waals surface area contributed by atoms with Gasteiger partial charge in [0, 0.05) is 46.0 Å². The first-order valence-corrected chi connectivity index (χ1v) is 11.6. The van der Waals surface area contributed by atoms with Crippen LogP contribution >= 0.6 is 34.5 Å². The van der Waals surface area contributed by atoms with E-state index < -0.39 is 12.0 Å². The van der Waals surface area contributed by atoms with E-state index >= 15 is 0 Å². The number of aromatic nitrogens is 1. The lowest BCUT2D eigenvalue weighted by Gasteiger charge is -2.36. The van der Waals surface area contributed by atoms with Crippen molar-refractivity contribution < 1.29 is 19.4 Å². The van der Waals surface area contributed by atoms with Crippen LogP contribution in [-0.4, -0.2) is 72.9 Å². The summed E-state index contributed by atoms with van der Waals surface area (Å²) in [5.41, 5.74) is 1.60. The number of morpholine rings is 1. The van der Waals surface area contributed by atoms with E-state index in [0.717, 1.165) is 0 Å². The van der Waals surface area contributed by atoms with Crippen molar-refractivity contribution in [1.29, 1.82) is 0 Å². The fourth-order valence-electron chi connectivity index (χ4n) is 3.74. The van der Waals surface area contributed by atoms with Crippen LogP contribution in [0.4, 0.5) is 0 Å². The first kappa shape index (κ1) is 23.2. The molecule has 1 unspecified atom stereocenters. The summed E-state index contributed by atoms with van der Waals surface area (Å²) in [7, 11) is 1.33. The molecule has 2 N–H and O–H groups in total. The number of carbonyl (C=O) groups is 1. The highest BCUT2D eigenvalue weighted by atomic mass is 35.5. The molecule has 0 saturated carbocycles. The van der Waals surface area contributed by atoms with Crippen LogP contribution in [0.3, 0.4) is 0 Å². The van der Waals surface area contributed by atoms with Crippen LogP contribution in [-0.2, 0) is 14.3 Å².